The Labute approximate surface area is 185 Å². The third-order valence-electron chi connectivity index (χ3n) is 6.06. The SMILES string of the molecule is O=C1c2onc(-c3cc(F)ccc3O)c2[C@@H](c2ccc(C(F)(F)F)cc2)N1C1CCOCC1. The molecular weight excluding hydrogens is 444 g/mol. The molecule has 1 atom stereocenters. The van der Waals surface area contributed by atoms with E-state index in [1.807, 2.05) is 0 Å². The summed E-state index contributed by atoms with van der Waals surface area (Å²) < 4.78 is 64.0. The van der Waals surface area contributed by atoms with Crippen LogP contribution in [0.5, 0.6) is 5.75 Å². The van der Waals surface area contributed by atoms with Gasteiger partial charge in [-0.05, 0) is 48.7 Å². The molecule has 1 amide bonds. The quantitative estimate of drug-likeness (QED) is 0.559. The molecule has 3 heterocycles. The maximum absolute atomic E-state index is 13.9. The average molecular weight is 462 g/mol. The number of aromatic nitrogens is 1. The Bertz CT molecular complexity index is 1200. The molecule has 0 aliphatic carbocycles. The minimum Gasteiger partial charge on any atom is -0.507 e. The Morgan fingerprint density at radius 2 is 1.76 bits per heavy atom. The number of alkyl halides is 3. The molecule has 3 aromatic rings. The summed E-state index contributed by atoms with van der Waals surface area (Å²) in [5, 5.41) is 14.2. The van der Waals surface area contributed by atoms with E-state index in [0.717, 1.165) is 30.3 Å². The highest BCUT2D eigenvalue weighted by Crippen LogP contribution is 2.47. The van der Waals surface area contributed by atoms with Gasteiger partial charge in [-0.2, -0.15) is 13.2 Å². The number of aromatic hydroxyl groups is 1. The van der Waals surface area contributed by atoms with Crippen LogP contribution < -0.4 is 0 Å². The minimum absolute atomic E-state index is 0.0264. The number of hydrogen-bond acceptors (Lipinski definition) is 5. The number of benzene rings is 2. The molecule has 0 spiro atoms. The normalized spacial score (nSPS) is 19.2. The Kier molecular flexibility index (Phi) is 5.12. The van der Waals surface area contributed by atoms with Gasteiger partial charge < -0.3 is 19.3 Å². The van der Waals surface area contributed by atoms with Gasteiger partial charge in [0.05, 0.1) is 17.2 Å². The van der Waals surface area contributed by atoms with Gasteiger partial charge in [0, 0.05) is 24.8 Å². The molecule has 1 N–H and O–H groups in total. The van der Waals surface area contributed by atoms with Gasteiger partial charge in [-0.3, -0.25) is 4.79 Å². The van der Waals surface area contributed by atoms with E-state index in [-0.39, 0.29) is 34.4 Å². The summed E-state index contributed by atoms with van der Waals surface area (Å²) in [6.45, 7) is 0.872. The van der Waals surface area contributed by atoms with Crippen LogP contribution in [0.2, 0.25) is 0 Å². The van der Waals surface area contributed by atoms with Gasteiger partial charge in [-0.25, -0.2) is 4.39 Å². The van der Waals surface area contributed by atoms with Crippen LogP contribution in [0.25, 0.3) is 11.3 Å². The number of hydrogen-bond donors (Lipinski definition) is 1. The predicted molar refractivity (Wildman–Crippen MR) is 107 cm³/mol. The Balaban J connectivity index is 1.66. The molecule has 1 aromatic heterocycles. The summed E-state index contributed by atoms with van der Waals surface area (Å²) >= 11 is 0. The van der Waals surface area contributed by atoms with E-state index >= 15 is 0 Å². The largest absolute Gasteiger partial charge is 0.507 e. The molecule has 2 aliphatic heterocycles. The molecule has 1 fully saturated rings. The number of phenolic OH excluding ortho intramolecular Hbond substituents is 1. The number of ether oxygens (including phenoxy) is 1. The number of fused-ring (bicyclic) bond motifs is 1. The summed E-state index contributed by atoms with van der Waals surface area (Å²) in [7, 11) is 0. The van der Waals surface area contributed by atoms with Crippen molar-refractivity contribution in [3.05, 3.63) is 70.7 Å². The molecule has 2 aromatic carbocycles. The van der Waals surface area contributed by atoms with Gasteiger partial charge in [0.2, 0.25) is 5.76 Å². The van der Waals surface area contributed by atoms with Crippen molar-refractivity contribution in [1.82, 2.24) is 10.1 Å². The lowest BCUT2D eigenvalue weighted by Gasteiger charge is -2.36. The lowest BCUT2D eigenvalue weighted by Crippen LogP contribution is -2.42. The maximum Gasteiger partial charge on any atom is 0.416 e. The second kappa shape index (κ2) is 7.87. The van der Waals surface area contributed by atoms with Crippen LogP contribution >= 0.6 is 0 Å². The number of phenols is 1. The first-order chi connectivity index (χ1) is 15.8. The number of carbonyl (C=O) groups excluding carboxylic acids is 1. The molecule has 33 heavy (non-hydrogen) atoms. The van der Waals surface area contributed by atoms with E-state index in [0.29, 0.717) is 31.6 Å². The van der Waals surface area contributed by atoms with E-state index in [4.69, 9.17) is 9.26 Å². The first-order valence-electron chi connectivity index (χ1n) is 10.3. The van der Waals surface area contributed by atoms with E-state index in [2.05, 4.69) is 5.16 Å². The van der Waals surface area contributed by atoms with E-state index in [9.17, 15) is 27.5 Å². The molecule has 1 saturated heterocycles. The van der Waals surface area contributed by atoms with E-state index in [1.165, 1.54) is 12.1 Å². The molecule has 2 aliphatic rings. The zero-order valence-electron chi connectivity index (χ0n) is 17.1. The summed E-state index contributed by atoms with van der Waals surface area (Å²) in [6, 6.07) is 6.77. The second-order valence-electron chi connectivity index (χ2n) is 8.01. The lowest BCUT2D eigenvalue weighted by molar-refractivity contribution is -0.137. The maximum atomic E-state index is 13.9. The van der Waals surface area contributed by atoms with Crippen molar-refractivity contribution in [3.8, 4) is 17.0 Å². The van der Waals surface area contributed by atoms with Crippen LogP contribution in [0.15, 0.2) is 47.0 Å². The number of carbonyl (C=O) groups is 1. The van der Waals surface area contributed by atoms with Crippen molar-refractivity contribution in [3.63, 3.8) is 0 Å². The molecule has 10 heteroatoms. The molecule has 6 nitrogen and oxygen atoms in total. The molecule has 0 radical (unpaired) electrons. The molecule has 0 bridgehead atoms. The fraction of sp³-hybridized carbons (Fsp3) is 0.304. The van der Waals surface area contributed by atoms with E-state index < -0.39 is 29.5 Å². The standard InChI is InChI=1S/C23H18F4N2O4/c24-14-5-6-17(30)16(11-14)19-18-20(12-1-3-13(4-2-12)23(25,26)27)29(15-7-9-32-10-8-15)22(31)21(18)33-28-19/h1-6,11,15,20,30H,7-10H2/t20-/m1/s1. The van der Waals surface area contributed by atoms with Gasteiger partial charge in [0.15, 0.2) is 0 Å². The number of nitrogens with zero attached hydrogens (tertiary/aromatic N) is 2. The fourth-order valence-electron chi connectivity index (χ4n) is 4.49. The first kappa shape index (κ1) is 21.4. The molecular formula is C23H18F4N2O4. The zero-order chi connectivity index (χ0) is 23.3. The average Bonchev–Trinajstić information content (AvgIpc) is 3.34. The topological polar surface area (TPSA) is 75.8 Å². The molecule has 5 rings (SSSR count). The third kappa shape index (κ3) is 3.64. The van der Waals surface area contributed by atoms with Crippen molar-refractivity contribution >= 4 is 5.91 Å². The zero-order valence-corrected chi connectivity index (χ0v) is 17.1. The van der Waals surface area contributed by atoms with Crippen molar-refractivity contribution in [2.75, 3.05) is 13.2 Å². The van der Waals surface area contributed by atoms with E-state index in [1.54, 1.807) is 4.90 Å². The molecule has 0 saturated carbocycles. The summed E-state index contributed by atoms with van der Waals surface area (Å²) in [4.78, 5) is 14.9. The highest BCUT2D eigenvalue weighted by atomic mass is 19.4. The van der Waals surface area contributed by atoms with Crippen LogP contribution in [0.4, 0.5) is 17.6 Å². The minimum atomic E-state index is -4.51. The van der Waals surface area contributed by atoms with Crippen LogP contribution in [-0.2, 0) is 10.9 Å². The Morgan fingerprint density at radius 1 is 1.06 bits per heavy atom. The van der Waals surface area contributed by atoms with Gasteiger partial charge in [-0.15, -0.1) is 0 Å². The number of amides is 1. The molecule has 172 valence electrons. The lowest BCUT2D eigenvalue weighted by atomic mass is 9.93. The van der Waals surface area contributed by atoms with Crippen LogP contribution in [0.1, 0.15) is 46.1 Å². The monoisotopic (exact) mass is 462 g/mol. The second-order valence-corrected chi connectivity index (χ2v) is 8.01. The van der Waals surface area contributed by atoms with Crippen LogP contribution in [0.3, 0.4) is 0 Å². The molecule has 0 unspecified atom stereocenters. The summed E-state index contributed by atoms with van der Waals surface area (Å²) in [5.41, 5.74) is -0.0239. The highest BCUT2D eigenvalue weighted by molar-refractivity contribution is 5.99. The number of halogens is 4. The van der Waals surface area contributed by atoms with Crippen molar-refractivity contribution in [2.24, 2.45) is 0 Å². The van der Waals surface area contributed by atoms with Gasteiger partial charge >= 0.3 is 6.18 Å². The van der Waals surface area contributed by atoms with Crippen molar-refractivity contribution in [2.45, 2.75) is 31.1 Å². The first-order valence-corrected chi connectivity index (χ1v) is 10.3. The smallest absolute Gasteiger partial charge is 0.416 e. The highest BCUT2D eigenvalue weighted by Gasteiger charge is 2.47. The predicted octanol–water partition coefficient (Wildman–Crippen LogP) is 4.93. The summed E-state index contributed by atoms with van der Waals surface area (Å²) in [6.07, 6.45) is -3.42. The van der Waals surface area contributed by atoms with Gasteiger partial charge in [0.25, 0.3) is 5.91 Å². The van der Waals surface area contributed by atoms with Crippen molar-refractivity contribution in [1.29, 1.82) is 0 Å². The van der Waals surface area contributed by atoms with Crippen molar-refractivity contribution < 1.29 is 36.7 Å². The fourth-order valence-corrected chi connectivity index (χ4v) is 4.49. The number of rotatable bonds is 3. The van der Waals surface area contributed by atoms with Crippen LogP contribution in [0, 0.1) is 5.82 Å². The Hall–Kier alpha value is -3.40. The third-order valence-corrected chi connectivity index (χ3v) is 6.06. The van der Waals surface area contributed by atoms with Gasteiger partial charge in [0.1, 0.15) is 17.3 Å². The van der Waals surface area contributed by atoms with Gasteiger partial charge in [-0.1, -0.05) is 17.3 Å². The van der Waals surface area contributed by atoms with Crippen LogP contribution in [-0.4, -0.2) is 40.3 Å². The Morgan fingerprint density at radius 3 is 2.42 bits per heavy atom. The summed E-state index contributed by atoms with van der Waals surface area (Å²) in [5.74, 6) is -1.44.